The smallest absolute Gasteiger partial charge is 0.246 e. The molecule has 2 heterocycles. The summed E-state index contributed by atoms with van der Waals surface area (Å²) in [6, 6.07) is -0.725. The number of nitrogens with zero attached hydrogens (tertiary/aromatic N) is 3. The van der Waals surface area contributed by atoms with E-state index in [1.807, 2.05) is 27.1 Å². The molecule has 1 aromatic rings. The first kappa shape index (κ1) is 14.1. The number of rotatable bonds is 4. The van der Waals surface area contributed by atoms with Gasteiger partial charge in [0.2, 0.25) is 11.8 Å². The quantitative estimate of drug-likeness (QED) is 0.887. The summed E-state index contributed by atoms with van der Waals surface area (Å²) in [7, 11) is 1.85. The number of carbonyl (C=O) groups excluding carboxylic acids is 2. The minimum Gasteiger partial charge on any atom is -0.342 e. The van der Waals surface area contributed by atoms with Gasteiger partial charge in [0.15, 0.2) is 0 Å². The second-order valence-electron chi connectivity index (χ2n) is 6.50. The Morgan fingerprint density at radius 1 is 1.38 bits per heavy atom. The summed E-state index contributed by atoms with van der Waals surface area (Å²) in [5.74, 6) is 0.446. The van der Waals surface area contributed by atoms with Crippen LogP contribution in [0.5, 0.6) is 0 Å². The molecule has 0 bridgehead atoms. The van der Waals surface area contributed by atoms with Gasteiger partial charge in [-0.2, -0.15) is 5.10 Å². The third-order valence-electron chi connectivity index (χ3n) is 4.30. The minimum atomic E-state index is -0.413. The van der Waals surface area contributed by atoms with Crippen molar-refractivity contribution in [2.45, 2.75) is 45.3 Å². The van der Waals surface area contributed by atoms with Crippen LogP contribution in [0.15, 0.2) is 12.4 Å². The Morgan fingerprint density at radius 3 is 2.62 bits per heavy atom. The molecule has 0 radical (unpaired) electrons. The lowest BCUT2D eigenvalue weighted by Crippen LogP contribution is -2.65. The van der Waals surface area contributed by atoms with Crippen LogP contribution in [0.2, 0.25) is 0 Å². The second kappa shape index (κ2) is 5.16. The van der Waals surface area contributed by atoms with E-state index in [1.165, 1.54) is 0 Å². The predicted molar refractivity (Wildman–Crippen MR) is 77.0 cm³/mol. The number of carbonyl (C=O) groups is 2. The third kappa shape index (κ3) is 2.66. The van der Waals surface area contributed by atoms with Crippen LogP contribution in [0, 0.1) is 11.8 Å². The highest BCUT2D eigenvalue weighted by Gasteiger charge is 2.48. The van der Waals surface area contributed by atoms with Crippen molar-refractivity contribution in [1.82, 2.24) is 20.0 Å². The van der Waals surface area contributed by atoms with Crippen LogP contribution >= 0.6 is 0 Å². The molecular formula is C15H22N4O2. The molecule has 2 aliphatic rings. The lowest BCUT2D eigenvalue weighted by atomic mass is 9.95. The Balaban J connectivity index is 1.86. The van der Waals surface area contributed by atoms with Crippen LogP contribution in [0.4, 0.5) is 0 Å². The summed E-state index contributed by atoms with van der Waals surface area (Å²) < 4.78 is 1.72. The largest absolute Gasteiger partial charge is 0.342 e. The van der Waals surface area contributed by atoms with Crippen molar-refractivity contribution in [2.24, 2.45) is 18.9 Å². The maximum absolute atomic E-state index is 12.8. The average Bonchev–Trinajstić information content (AvgIpc) is 3.16. The molecule has 2 fully saturated rings. The minimum absolute atomic E-state index is 0.000287. The first-order valence-corrected chi connectivity index (χ1v) is 7.55. The van der Waals surface area contributed by atoms with E-state index >= 15 is 0 Å². The van der Waals surface area contributed by atoms with Crippen LogP contribution in [-0.4, -0.2) is 38.6 Å². The summed E-state index contributed by atoms with van der Waals surface area (Å²) in [6.07, 6.45) is 5.71. The standard InChI is InChI=1S/C15H22N4O2/c1-9(2)12-15(21)19(8-10-6-16-18(3)7-10)13(11-4-5-11)14(20)17-12/h6-7,9,11-13H,4-5,8H2,1-3H3,(H,17,20). The van der Waals surface area contributed by atoms with Crippen LogP contribution in [-0.2, 0) is 23.2 Å². The zero-order valence-corrected chi connectivity index (χ0v) is 12.7. The van der Waals surface area contributed by atoms with E-state index in [1.54, 1.807) is 15.8 Å². The van der Waals surface area contributed by atoms with E-state index in [9.17, 15) is 9.59 Å². The molecule has 114 valence electrons. The number of aryl methyl sites for hydroxylation is 1. The van der Waals surface area contributed by atoms with Crippen molar-refractivity contribution in [1.29, 1.82) is 0 Å². The molecule has 1 saturated heterocycles. The molecule has 6 nitrogen and oxygen atoms in total. The third-order valence-corrected chi connectivity index (χ3v) is 4.30. The molecule has 0 spiro atoms. The highest BCUT2D eigenvalue weighted by Crippen LogP contribution is 2.38. The zero-order valence-electron chi connectivity index (χ0n) is 12.7. The molecule has 2 amide bonds. The molecular weight excluding hydrogens is 268 g/mol. The number of amides is 2. The molecule has 1 aliphatic heterocycles. The Hall–Kier alpha value is -1.85. The van der Waals surface area contributed by atoms with E-state index in [-0.39, 0.29) is 23.8 Å². The molecule has 1 aliphatic carbocycles. The molecule has 1 aromatic heterocycles. The van der Waals surface area contributed by atoms with Gasteiger partial charge in [-0.3, -0.25) is 14.3 Å². The van der Waals surface area contributed by atoms with Gasteiger partial charge in [-0.1, -0.05) is 13.8 Å². The average molecular weight is 290 g/mol. The summed E-state index contributed by atoms with van der Waals surface area (Å²) >= 11 is 0. The highest BCUT2D eigenvalue weighted by molar-refractivity contribution is 5.97. The molecule has 2 unspecified atom stereocenters. The summed E-state index contributed by atoms with van der Waals surface area (Å²) in [6.45, 7) is 4.38. The van der Waals surface area contributed by atoms with Crippen molar-refractivity contribution < 1.29 is 9.59 Å². The summed E-state index contributed by atoms with van der Waals surface area (Å²) in [5, 5.41) is 7.05. The van der Waals surface area contributed by atoms with Crippen LogP contribution < -0.4 is 5.32 Å². The van der Waals surface area contributed by atoms with Crippen molar-refractivity contribution >= 4 is 11.8 Å². The number of nitrogens with one attached hydrogen (secondary N) is 1. The topological polar surface area (TPSA) is 67.2 Å². The Morgan fingerprint density at radius 2 is 2.10 bits per heavy atom. The van der Waals surface area contributed by atoms with Gasteiger partial charge >= 0.3 is 0 Å². The van der Waals surface area contributed by atoms with Gasteiger partial charge in [0.25, 0.3) is 0 Å². The zero-order chi connectivity index (χ0) is 15.1. The van der Waals surface area contributed by atoms with E-state index in [2.05, 4.69) is 10.4 Å². The van der Waals surface area contributed by atoms with Gasteiger partial charge in [-0.05, 0) is 24.7 Å². The van der Waals surface area contributed by atoms with Crippen LogP contribution in [0.1, 0.15) is 32.3 Å². The molecule has 21 heavy (non-hydrogen) atoms. The summed E-state index contributed by atoms with van der Waals surface area (Å²) in [5.41, 5.74) is 0.966. The van der Waals surface area contributed by atoms with Crippen molar-refractivity contribution in [3.05, 3.63) is 18.0 Å². The number of hydrogen-bond acceptors (Lipinski definition) is 3. The van der Waals surface area contributed by atoms with Crippen LogP contribution in [0.3, 0.4) is 0 Å². The Kier molecular flexibility index (Phi) is 3.47. The molecule has 3 rings (SSSR count). The summed E-state index contributed by atoms with van der Waals surface area (Å²) in [4.78, 5) is 26.9. The Bertz CT molecular complexity index is 562. The molecule has 1 saturated carbocycles. The highest BCUT2D eigenvalue weighted by atomic mass is 16.2. The molecule has 2 atom stereocenters. The van der Waals surface area contributed by atoms with E-state index < -0.39 is 6.04 Å². The monoisotopic (exact) mass is 290 g/mol. The fourth-order valence-electron chi connectivity index (χ4n) is 3.02. The predicted octanol–water partition coefficient (Wildman–Crippen LogP) is 0.682. The lowest BCUT2D eigenvalue weighted by Gasteiger charge is -2.40. The number of hydrogen-bond donors (Lipinski definition) is 1. The van der Waals surface area contributed by atoms with E-state index in [0.717, 1.165) is 18.4 Å². The van der Waals surface area contributed by atoms with Gasteiger partial charge in [0, 0.05) is 25.4 Å². The first-order valence-electron chi connectivity index (χ1n) is 7.55. The first-order chi connectivity index (χ1) is 9.97. The van der Waals surface area contributed by atoms with E-state index in [0.29, 0.717) is 12.5 Å². The van der Waals surface area contributed by atoms with Crippen molar-refractivity contribution in [3.63, 3.8) is 0 Å². The normalized spacial score (nSPS) is 26.4. The molecule has 6 heteroatoms. The van der Waals surface area contributed by atoms with Gasteiger partial charge in [-0.25, -0.2) is 0 Å². The maximum atomic E-state index is 12.8. The second-order valence-corrected chi connectivity index (χ2v) is 6.50. The fourth-order valence-corrected chi connectivity index (χ4v) is 3.02. The fraction of sp³-hybridized carbons (Fsp3) is 0.667. The number of aromatic nitrogens is 2. The van der Waals surface area contributed by atoms with Gasteiger partial charge in [-0.15, -0.1) is 0 Å². The van der Waals surface area contributed by atoms with Gasteiger partial charge in [0.05, 0.1) is 6.20 Å². The lowest BCUT2D eigenvalue weighted by molar-refractivity contribution is -0.152. The van der Waals surface area contributed by atoms with Crippen molar-refractivity contribution in [3.8, 4) is 0 Å². The van der Waals surface area contributed by atoms with Crippen LogP contribution in [0.25, 0.3) is 0 Å². The van der Waals surface area contributed by atoms with Crippen molar-refractivity contribution in [2.75, 3.05) is 0 Å². The maximum Gasteiger partial charge on any atom is 0.246 e. The number of piperazine rings is 1. The van der Waals surface area contributed by atoms with E-state index in [4.69, 9.17) is 0 Å². The Labute approximate surface area is 124 Å². The molecule has 1 N–H and O–H groups in total. The molecule has 0 aromatic carbocycles. The van der Waals surface area contributed by atoms with Gasteiger partial charge < -0.3 is 10.2 Å². The van der Waals surface area contributed by atoms with Gasteiger partial charge in [0.1, 0.15) is 12.1 Å². The SMILES string of the molecule is CC(C)C1NC(=O)C(C2CC2)N(Cc2cnn(C)c2)C1=O.